The van der Waals surface area contributed by atoms with E-state index in [1.165, 1.54) is 66.2 Å². The fourth-order valence-electron chi connectivity index (χ4n) is 17.2. The molecule has 2 aromatic rings. The number of methoxy groups -OCH3 is 2. The first-order chi connectivity index (χ1) is 67.4. The third-order valence-electron chi connectivity index (χ3n) is 26.0. The summed E-state index contributed by atoms with van der Waals surface area (Å²) in [5.41, 5.74) is 0.637. The number of rotatable bonds is 26. The maximum absolute atomic E-state index is 13.9. The zero-order chi connectivity index (χ0) is 108. The van der Waals surface area contributed by atoms with Gasteiger partial charge < -0.3 is 147 Å². The van der Waals surface area contributed by atoms with Crippen molar-refractivity contribution in [2.24, 2.45) is 23.7 Å². The van der Waals surface area contributed by atoms with Gasteiger partial charge in [0.1, 0.15) is 93.4 Å². The van der Waals surface area contributed by atoms with Gasteiger partial charge in [0.25, 0.3) is 0 Å². The zero-order valence-electron chi connectivity index (χ0n) is 86.8. The van der Waals surface area contributed by atoms with Crippen LogP contribution in [0.2, 0.25) is 20.1 Å². The van der Waals surface area contributed by atoms with Crippen LogP contribution >= 0.6 is 46.4 Å². The average molecular weight is 2140 g/mol. The van der Waals surface area contributed by atoms with Crippen molar-refractivity contribution in [3.63, 3.8) is 0 Å². The Labute approximate surface area is 884 Å². The van der Waals surface area contributed by atoms with Gasteiger partial charge in [-0.2, -0.15) is 0 Å². The molecule has 8 rings (SSSR count). The van der Waals surface area contributed by atoms with Crippen LogP contribution in [0, 0.1) is 23.7 Å². The average Bonchev–Trinajstić information content (AvgIpc) is 0.778. The van der Waals surface area contributed by atoms with E-state index >= 15 is 0 Å². The molecule has 0 aliphatic carbocycles. The van der Waals surface area contributed by atoms with Crippen molar-refractivity contribution >= 4 is 105 Å². The number of phenols is 4. The first-order valence-corrected chi connectivity index (χ1v) is 49.8. The molecule has 6 heterocycles. The molecule has 6 aliphatic rings. The Kier molecular flexibility index (Phi) is 49.7. The summed E-state index contributed by atoms with van der Waals surface area (Å²) in [5, 5.41) is 153. The molecule has 4 fully saturated rings. The number of aliphatic hydroxyl groups excluding tert-OH is 10. The maximum atomic E-state index is 13.9. The number of carbonyl (C=O) groups is 6. The number of esters is 6. The van der Waals surface area contributed by atoms with Crippen LogP contribution in [0.5, 0.6) is 23.0 Å². The number of hydrogen-bond acceptors (Lipinski definition) is 36. The molecule has 2 aromatic carbocycles. The van der Waals surface area contributed by atoms with Crippen LogP contribution in [-0.4, -0.2) is 328 Å². The minimum absolute atomic E-state index is 0. The molecule has 145 heavy (non-hydrogen) atoms. The van der Waals surface area contributed by atoms with E-state index in [1.807, 2.05) is 65.8 Å². The number of halogens is 4. The Morgan fingerprint density at radius 1 is 0.455 bits per heavy atom. The third kappa shape index (κ3) is 32.5. The fraction of sp³-hybridized carbons (Fsp3) is 0.635. The molecule has 6 aliphatic heterocycles. The summed E-state index contributed by atoms with van der Waals surface area (Å²) in [4.78, 5) is 80.0. The number of allylic oxidation sites excluding steroid dienone is 8. The number of benzene rings is 2. The second-order valence-corrected chi connectivity index (χ2v) is 40.2. The second-order valence-electron chi connectivity index (χ2n) is 38.7. The van der Waals surface area contributed by atoms with Gasteiger partial charge in [0.2, 0.25) is 0 Å². The van der Waals surface area contributed by atoms with Crippen LogP contribution in [-0.2, 0) is 108 Å². The molecule has 808 valence electrons. The molecule has 0 radical (unpaired) electrons. The van der Waals surface area contributed by atoms with Crippen LogP contribution in [0.25, 0.3) is 0 Å². The molecule has 41 heteroatoms. The van der Waals surface area contributed by atoms with E-state index in [2.05, 4.69) is 0 Å². The second kappa shape index (κ2) is 56.9. The summed E-state index contributed by atoms with van der Waals surface area (Å²) in [6.45, 7) is 36.1. The zero-order valence-corrected chi connectivity index (χ0v) is 91.2. The fourth-order valence-corrected chi connectivity index (χ4v) is 18.3. The van der Waals surface area contributed by atoms with Crippen molar-refractivity contribution in [2.75, 3.05) is 27.4 Å². The molecule has 0 spiro atoms. The normalized spacial score (nSPS) is 34.6. The van der Waals surface area contributed by atoms with E-state index in [1.54, 1.807) is 107 Å². The van der Waals surface area contributed by atoms with E-state index < -0.39 is 288 Å². The summed E-state index contributed by atoms with van der Waals surface area (Å²) >= 11 is 24.5. The molecule has 28 atom stereocenters. The number of ether oxygens (including phenoxy) is 16. The molecule has 4 saturated heterocycles. The maximum Gasteiger partial charge on any atom is 2.00 e. The largest absolute Gasteiger partial charge is 2.00 e. The molecule has 0 bridgehead atoms. The molecule has 36 nitrogen and oxygen atoms in total. The van der Waals surface area contributed by atoms with Gasteiger partial charge in [-0.05, 0) is 181 Å². The smallest absolute Gasteiger partial charge is 0.505 e. The van der Waals surface area contributed by atoms with Crippen molar-refractivity contribution in [1.82, 2.24) is 0 Å². The number of carbonyl (C=O) groups excluding carboxylic acids is 6. The quantitative estimate of drug-likeness (QED) is 0.0180. The number of hydrogen-bond donors (Lipinski definition) is 14. The minimum atomic E-state index is -1.61. The number of cyclic esters (lactones) is 2. The molecule has 14 N–H and O–H groups in total. The van der Waals surface area contributed by atoms with Crippen molar-refractivity contribution in [3.8, 4) is 23.0 Å². The van der Waals surface area contributed by atoms with Crippen molar-refractivity contribution in [2.45, 2.75) is 374 Å². The first-order valence-electron chi connectivity index (χ1n) is 48.3. The van der Waals surface area contributed by atoms with Gasteiger partial charge in [-0.3, -0.25) is 9.59 Å². The van der Waals surface area contributed by atoms with Gasteiger partial charge in [0, 0.05) is 38.9 Å². The van der Waals surface area contributed by atoms with Crippen molar-refractivity contribution in [1.29, 1.82) is 0 Å². The number of aliphatic hydroxyl groups is 10. The first kappa shape index (κ1) is 127. The van der Waals surface area contributed by atoms with E-state index in [4.69, 9.17) is 122 Å². The van der Waals surface area contributed by atoms with E-state index in [0.717, 1.165) is 0 Å². The van der Waals surface area contributed by atoms with Gasteiger partial charge in [-0.15, -0.1) is 0 Å². The van der Waals surface area contributed by atoms with Crippen LogP contribution < -0.4 is 0 Å². The molecule has 0 amide bonds. The Morgan fingerprint density at radius 2 is 0.786 bits per heavy atom. The predicted molar refractivity (Wildman–Crippen MR) is 536 cm³/mol. The summed E-state index contributed by atoms with van der Waals surface area (Å²) < 4.78 is 95.0. The number of aromatic hydroxyl groups is 4. The summed E-state index contributed by atoms with van der Waals surface area (Å²) in [6.07, 6.45) is -10.9. The Bertz CT molecular complexity index is 4750. The summed E-state index contributed by atoms with van der Waals surface area (Å²) in [5.74, 6) is -9.57. The topological polar surface area (TPSA) is 533 Å². The standard InChI is InChI=1S/2C52H74Cl2O18.Mg/c2*1-13-30-22-26(6)33(56)18-16-15-17-31(23-66-51-45(65-12)42(61)44(29(9)67-51)69-49(64)35-32(14-2)36(53)39(58)37(54)38(35)57)48(63)68-34(28(8)55)20-19-25(5)21-27(7)43(30)70-50-41(60)40(59)46(52(10,11)72-50)71-47(62)24(3)4;/h2*15-17,19,21-22,24,28-30,33-34,40-46,50-51,55-61H,13-14,18,20,23H2,1-12H3;/q;;+2/b2*16-15+,25-19+,26-22+,27-21+,31-17+;/t2*28-,29-,30+,33+,34+,40-,41+,42+,43+,44-,45+,46+,50-,51-;/m11./s1. The molecular formula is C104H148Cl4MgO36+2. The van der Waals surface area contributed by atoms with Crippen molar-refractivity contribution in [3.05, 3.63) is 160 Å². The van der Waals surface area contributed by atoms with Crippen LogP contribution in [0.4, 0.5) is 0 Å². The van der Waals surface area contributed by atoms with Crippen molar-refractivity contribution < 1.29 is 176 Å². The summed E-state index contributed by atoms with van der Waals surface area (Å²) in [6, 6.07) is 0. The van der Waals surface area contributed by atoms with Gasteiger partial charge in [0.15, 0.2) is 72.6 Å². The minimum Gasteiger partial charge on any atom is -0.505 e. The Hall–Kier alpha value is -7.01. The third-order valence-corrected chi connectivity index (χ3v) is 27.5. The predicted octanol–water partition coefficient (Wildman–Crippen LogP) is 12.1. The number of phenolic OH excluding ortho intramolecular Hbond substituents is 4. The molecular weight excluding hydrogens is 1990 g/mol. The van der Waals surface area contributed by atoms with Gasteiger partial charge in [-0.1, -0.05) is 174 Å². The SMILES string of the molecule is CCc1c(Cl)c(O)c(Cl)c(O)c1C(=O)O[C@H]1[C@H](O)[C@H](OC)[C@H](OC/C2=C\C=C\C[C@H](O)/C(C)=C/[C@H](CC)[C@@H](O[C@@H]3OC(C)(C)[C@@H](OC(=O)C(C)C)[C@H](O)[C@@H]3O)/C(C)=C/C(C)=C/C[C@@H]([C@@H](C)O)OC2=O)O[C@@H]1C.CCc1c(Cl)c(O)c(Cl)c(O)c1C(=O)O[C@H]1[C@H](O)[C@H](OC)[C@H](OC/C2=C\C=C\C[C@H](O)/C(C)=C/[C@H](CC)[C@@H](O[C@@H]3OC(C)(C)[C@@H](OC(=O)C(C)C)[C@H](O)[C@@H]3O)/C(C)=C/C(C)=C/C[C@@H]([C@@H](C)O)OC2=O)O[C@@H]1C.[Mg+2]. The monoisotopic (exact) mass is 2140 g/mol. The van der Waals surface area contributed by atoms with E-state index in [-0.39, 0.29) is 93.9 Å². The summed E-state index contributed by atoms with van der Waals surface area (Å²) in [7, 11) is 2.53. The van der Waals surface area contributed by atoms with Gasteiger partial charge in [0.05, 0.1) is 95.1 Å². The molecule has 0 saturated carbocycles. The Morgan fingerprint density at radius 3 is 1.08 bits per heavy atom. The van der Waals surface area contributed by atoms with Crippen LogP contribution in [0.15, 0.2) is 117 Å². The van der Waals surface area contributed by atoms with Crippen LogP contribution in [0.3, 0.4) is 0 Å². The van der Waals surface area contributed by atoms with Gasteiger partial charge in [-0.25, -0.2) is 19.2 Å². The van der Waals surface area contributed by atoms with Crippen LogP contribution in [0.1, 0.15) is 223 Å². The molecule has 0 aromatic heterocycles. The van der Waals surface area contributed by atoms with E-state index in [0.29, 0.717) is 46.3 Å². The van der Waals surface area contributed by atoms with E-state index in [9.17, 15) is 100 Å². The Balaban J connectivity index is 0.000000440. The molecule has 0 unspecified atom stereocenters. The van der Waals surface area contributed by atoms with Gasteiger partial charge >= 0.3 is 58.9 Å².